The number of carbonyl (C=O) groups excluding carboxylic acids is 1. The summed E-state index contributed by atoms with van der Waals surface area (Å²) >= 11 is 0. The molecule has 0 atom stereocenters. The van der Waals surface area contributed by atoms with Crippen molar-refractivity contribution in [1.29, 1.82) is 5.26 Å². The third-order valence-electron chi connectivity index (χ3n) is 5.93. The Kier molecular flexibility index (Phi) is 6.29. The lowest BCUT2D eigenvalue weighted by Gasteiger charge is -2.40. The van der Waals surface area contributed by atoms with E-state index in [9.17, 15) is 10.1 Å². The van der Waals surface area contributed by atoms with E-state index in [0.717, 1.165) is 50.4 Å². The SMILES string of the molecule is CCC[C@]1(C#N)CC[C@@H](C2CCC(OC(=O)CC)CC2)CC1. The van der Waals surface area contributed by atoms with E-state index in [2.05, 4.69) is 13.0 Å². The second-order valence-corrected chi connectivity index (χ2v) is 7.36. The minimum Gasteiger partial charge on any atom is -0.462 e. The largest absolute Gasteiger partial charge is 0.462 e. The molecule has 3 heteroatoms. The number of nitriles is 1. The van der Waals surface area contributed by atoms with Gasteiger partial charge in [0.25, 0.3) is 0 Å². The Hall–Kier alpha value is -1.04. The standard InChI is InChI=1S/C19H31NO2/c1-3-11-19(14-20)12-9-16(10-13-19)15-5-7-17(8-6-15)22-18(21)4-2/h15-17H,3-13H2,1-2H3/t15?,16-,17?,19+. The van der Waals surface area contributed by atoms with E-state index in [1.165, 1.54) is 25.7 Å². The van der Waals surface area contributed by atoms with Crippen LogP contribution >= 0.6 is 0 Å². The Bertz CT molecular complexity index is 396. The van der Waals surface area contributed by atoms with Crippen LogP contribution in [0.25, 0.3) is 0 Å². The molecule has 0 bridgehead atoms. The van der Waals surface area contributed by atoms with Gasteiger partial charge >= 0.3 is 5.97 Å². The number of rotatable bonds is 5. The van der Waals surface area contributed by atoms with E-state index in [0.29, 0.717) is 6.42 Å². The highest BCUT2D eigenvalue weighted by molar-refractivity contribution is 5.69. The normalized spacial score (nSPS) is 35.6. The molecule has 2 saturated carbocycles. The summed E-state index contributed by atoms with van der Waals surface area (Å²) < 4.78 is 5.48. The Morgan fingerprint density at radius 2 is 1.68 bits per heavy atom. The fourth-order valence-electron chi connectivity index (χ4n) is 4.51. The molecular weight excluding hydrogens is 274 g/mol. The maximum atomic E-state index is 11.4. The summed E-state index contributed by atoms with van der Waals surface area (Å²) in [6.07, 6.45) is 11.9. The molecule has 22 heavy (non-hydrogen) atoms. The number of carbonyl (C=O) groups is 1. The molecule has 3 nitrogen and oxygen atoms in total. The molecule has 0 N–H and O–H groups in total. The van der Waals surface area contributed by atoms with Crippen molar-refractivity contribution in [3.8, 4) is 6.07 Å². The molecule has 0 aromatic carbocycles. The minimum absolute atomic E-state index is 0.0287. The van der Waals surface area contributed by atoms with E-state index in [1.807, 2.05) is 6.92 Å². The molecule has 0 amide bonds. The number of ether oxygens (including phenoxy) is 1. The molecule has 0 unspecified atom stereocenters. The molecule has 2 aliphatic carbocycles. The van der Waals surface area contributed by atoms with Crippen molar-refractivity contribution < 1.29 is 9.53 Å². The van der Waals surface area contributed by atoms with Gasteiger partial charge in [0, 0.05) is 6.42 Å². The van der Waals surface area contributed by atoms with Gasteiger partial charge in [-0.05, 0) is 69.6 Å². The second-order valence-electron chi connectivity index (χ2n) is 7.36. The zero-order chi connectivity index (χ0) is 16.0. The molecule has 0 aromatic rings. The fraction of sp³-hybridized carbons (Fsp3) is 0.895. The minimum atomic E-state index is -0.0560. The van der Waals surface area contributed by atoms with Crippen LogP contribution in [0.2, 0.25) is 0 Å². The first-order valence-corrected chi connectivity index (χ1v) is 9.23. The number of hydrogen-bond acceptors (Lipinski definition) is 3. The smallest absolute Gasteiger partial charge is 0.305 e. The van der Waals surface area contributed by atoms with Gasteiger partial charge in [-0.1, -0.05) is 20.3 Å². The molecule has 2 aliphatic rings. The van der Waals surface area contributed by atoms with Gasteiger partial charge in [0.2, 0.25) is 0 Å². The van der Waals surface area contributed by atoms with Crippen molar-refractivity contribution in [3.63, 3.8) is 0 Å². The first-order valence-electron chi connectivity index (χ1n) is 9.23. The van der Waals surface area contributed by atoms with E-state index in [4.69, 9.17) is 4.74 Å². The molecule has 0 heterocycles. The average Bonchev–Trinajstić information content (AvgIpc) is 2.56. The van der Waals surface area contributed by atoms with E-state index in [-0.39, 0.29) is 17.5 Å². The second kappa shape index (κ2) is 7.99. The van der Waals surface area contributed by atoms with Crippen molar-refractivity contribution in [2.75, 3.05) is 0 Å². The van der Waals surface area contributed by atoms with Gasteiger partial charge in [0.15, 0.2) is 0 Å². The van der Waals surface area contributed by atoms with Gasteiger partial charge in [0.1, 0.15) is 6.10 Å². The molecule has 2 rings (SSSR count). The molecule has 0 aliphatic heterocycles. The zero-order valence-corrected chi connectivity index (χ0v) is 14.3. The van der Waals surface area contributed by atoms with Crippen LogP contribution in [-0.2, 0) is 9.53 Å². The average molecular weight is 305 g/mol. The third-order valence-corrected chi connectivity index (χ3v) is 5.93. The van der Waals surface area contributed by atoms with Gasteiger partial charge in [0.05, 0.1) is 11.5 Å². The quantitative estimate of drug-likeness (QED) is 0.672. The highest BCUT2D eigenvalue weighted by Gasteiger charge is 2.38. The van der Waals surface area contributed by atoms with Crippen molar-refractivity contribution in [1.82, 2.24) is 0 Å². The van der Waals surface area contributed by atoms with Gasteiger partial charge in [-0.25, -0.2) is 0 Å². The van der Waals surface area contributed by atoms with Crippen LogP contribution in [0.4, 0.5) is 0 Å². The first kappa shape index (κ1) is 17.3. The molecule has 0 aromatic heterocycles. The Morgan fingerprint density at radius 1 is 1.09 bits per heavy atom. The number of hydrogen-bond donors (Lipinski definition) is 0. The Morgan fingerprint density at radius 3 is 2.18 bits per heavy atom. The van der Waals surface area contributed by atoms with Crippen LogP contribution in [0.3, 0.4) is 0 Å². The van der Waals surface area contributed by atoms with E-state index >= 15 is 0 Å². The summed E-state index contributed by atoms with van der Waals surface area (Å²) in [5.41, 5.74) is -0.0287. The molecule has 0 saturated heterocycles. The van der Waals surface area contributed by atoms with Crippen LogP contribution < -0.4 is 0 Å². The van der Waals surface area contributed by atoms with Gasteiger partial charge < -0.3 is 4.74 Å². The summed E-state index contributed by atoms with van der Waals surface area (Å²) in [4.78, 5) is 11.4. The van der Waals surface area contributed by atoms with Crippen LogP contribution in [-0.4, -0.2) is 12.1 Å². The number of nitrogens with zero attached hydrogens (tertiary/aromatic N) is 1. The maximum Gasteiger partial charge on any atom is 0.305 e. The van der Waals surface area contributed by atoms with E-state index < -0.39 is 0 Å². The summed E-state index contributed by atoms with van der Waals surface area (Å²) in [6.45, 7) is 4.04. The Balaban J connectivity index is 1.77. The lowest BCUT2D eigenvalue weighted by atomic mass is 9.64. The topological polar surface area (TPSA) is 50.1 Å². The Labute approximate surface area is 135 Å². The fourth-order valence-corrected chi connectivity index (χ4v) is 4.51. The van der Waals surface area contributed by atoms with Crippen molar-refractivity contribution in [2.45, 2.75) is 90.6 Å². The molecule has 124 valence electrons. The zero-order valence-electron chi connectivity index (χ0n) is 14.3. The summed E-state index contributed by atoms with van der Waals surface area (Å²) in [6, 6.07) is 2.62. The van der Waals surface area contributed by atoms with Crippen molar-refractivity contribution in [2.24, 2.45) is 17.3 Å². The lowest BCUT2D eigenvalue weighted by molar-refractivity contribution is -0.150. The lowest BCUT2D eigenvalue weighted by Crippen LogP contribution is -2.32. The summed E-state index contributed by atoms with van der Waals surface area (Å²) in [7, 11) is 0. The molecular formula is C19H31NO2. The highest BCUT2D eigenvalue weighted by atomic mass is 16.5. The molecule has 0 radical (unpaired) electrons. The van der Waals surface area contributed by atoms with Gasteiger partial charge in [-0.2, -0.15) is 5.26 Å². The highest BCUT2D eigenvalue weighted by Crippen LogP contribution is 2.46. The summed E-state index contributed by atoms with van der Waals surface area (Å²) in [5, 5.41) is 9.51. The maximum absolute atomic E-state index is 11.4. The van der Waals surface area contributed by atoms with Crippen LogP contribution in [0.1, 0.15) is 84.5 Å². The number of esters is 1. The van der Waals surface area contributed by atoms with Crippen molar-refractivity contribution >= 4 is 5.97 Å². The van der Waals surface area contributed by atoms with E-state index in [1.54, 1.807) is 0 Å². The van der Waals surface area contributed by atoms with Gasteiger partial charge in [-0.15, -0.1) is 0 Å². The predicted octanol–water partition coefficient (Wildman–Crippen LogP) is 5.00. The van der Waals surface area contributed by atoms with Crippen LogP contribution in [0.15, 0.2) is 0 Å². The molecule has 0 spiro atoms. The van der Waals surface area contributed by atoms with Crippen LogP contribution in [0.5, 0.6) is 0 Å². The van der Waals surface area contributed by atoms with Crippen LogP contribution in [0, 0.1) is 28.6 Å². The van der Waals surface area contributed by atoms with Crippen molar-refractivity contribution in [3.05, 3.63) is 0 Å². The molecule has 2 fully saturated rings. The predicted molar refractivity (Wildman–Crippen MR) is 87.0 cm³/mol. The summed E-state index contributed by atoms with van der Waals surface area (Å²) in [5.74, 6) is 1.52. The first-order chi connectivity index (χ1) is 10.6. The van der Waals surface area contributed by atoms with Gasteiger partial charge in [-0.3, -0.25) is 4.79 Å². The third kappa shape index (κ3) is 4.24. The monoisotopic (exact) mass is 305 g/mol.